The molecule has 0 aromatic heterocycles. The van der Waals surface area contributed by atoms with Gasteiger partial charge in [0.1, 0.15) is 18.4 Å². The van der Waals surface area contributed by atoms with Gasteiger partial charge in [-0.25, -0.2) is 13.2 Å². The minimum Gasteiger partial charge on any atom is -0.506 e. The molecule has 0 bridgehead atoms. The topological polar surface area (TPSA) is 125 Å². The fourth-order valence-corrected chi connectivity index (χ4v) is 5.81. The molecule has 0 aliphatic heterocycles. The van der Waals surface area contributed by atoms with Gasteiger partial charge in [-0.3, -0.25) is 9.69 Å². The van der Waals surface area contributed by atoms with E-state index in [0.717, 1.165) is 29.7 Å². The van der Waals surface area contributed by atoms with Crippen molar-refractivity contribution in [3.63, 3.8) is 0 Å². The summed E-state index contributed by atoms with van der Waals surface area (Å²) in [5.41, 5.74) is 2.71. The lowest BCUT2D eigenvalue weighted by molar-refractivity contribution is -0.122. The maximum absolute atomic E-state index is 13.3. The number of carbonyl (C=O) groups is 2. The molecule has 4 aromatic carbocycles. The third-order valence-electron chi connectivity index (χ3n) is 7.02. The number of aryl methyl sites for hydroxylation is 1. The Bertz CT molecular complexity index is 1620. The predicted octanol–water partition coefficient (Wildman–Crippen LogP) is 5.19. The summed E-state index contributed by atoms with van der Waals surface area (Å²) in [5, 5.41) is 13.4. The van der Waals surface area contributed by atoms with Crippen LogP contribution in [0, 0.1) is 0 Å². The van der Waals surface area contributed by atoms with Crippen molar-refractivity contribution < 1.29 is 27.9 Å². The summed E-state index contributed by atoms with van der Waals surface area (Å²) >= 11 is 0. The van der Waals surface area contributed by atoms with Crippen molar-refractivity contribution in [1.82, 2.24) is 10.0 Å². The molecule has 1 unspecified atom stereocenters. The maximum Gasteiger partial charge on any atom is 0.414 e. The first kappa shape index (κ1) is 32.2. The molecule has 3 N–H and O–H groups in total. The van der Waals surface area contributed by atoms with E-state index in [-0.39, 0.29) is 29.4 Å². The number of unbranched alkanes of at least 4 members (excludes halogenated alkanes) is 1. The van der Waals surface area contributed by atoms with Crippen molar-refractivity contribution >= 4 is 27.7 Å². The van der Waals surface area contributed by atoms with Crippen LogP contribution >= 0.6 is 0 Å². The molecule has 0 fully saturated rings. The van der Waals surface area contributed by atoms with Crippen LogP contribution in [0.15, 0.2) is 114 Å². The van der Waals surface area contributed by atoms with Crippen LogP contribution in [0.5, 0.6) is 5.75 Å². The highest BCUT2D eigenvalue weighted by Gasteiger charge is 2.27. The molecule has 0 saturated carbocycles. The highest BCUT2D eigenvalue weighted by Crippen LogP contribution is 2.29. The number of nitrogens with one attached hydrogen (secondary N) is 2. The first-order valence-electron chi connectivity index (χ1n) is 14.4. The number of nitrogens with zero attached hydrogens (tertiary/aromatic N) is 1. The van der Waals surface area contributed by atoms with Crippen LogP contribution < -0.4 is 14.9 Å². The first-order valence-corrected chi connectivity index (χ1v) is 15.9. The average Bonchev–Trinajstić information content (AvgIpc) is 3.05. The zero-order chi connectivity index (χ0) is 31.4. The quantitative estimate of drug-likeness (QED) is 0.168. The maximum atomic E-state index is 13.3. The van der Waals surface area contributed by atoms with E-state index < -0.39 is 28.1 Å². The lowest BCUT2D eigenvalue weighted by atomic mass is 10.0. The van der Waals surface area contributed by atoms with Crippen LogP contribution in [-0.4, -0.2) is 45.2 Å². The Kier molecular flexibility index (Phi) is 11.5. The Morgan fingerprint density at radius 2 is 1.43 bits per heavy atom. The number of hydrogen-bond acceptors (Lipinski definition) is 6. The van der Waals surface area contributed by atoms with Gasteiger partial charge in [-0.1, -0.05) is 84.9 Å². The SMILES string of the molecule is CN(C(=O)OCc1ccccc1)c1cc(CC(NS(=O)(=O)c2ccccc2)C(=O)NCCCCc2ccccc2)ccc1O. The number of amides is 2. The number of phenols is 1. The molecule has 1 atom stereocenters. The number of phenolic OH excluding ortho intramolecular Hbond substituents is 1. The highest BCUT2D eigenvalue weighted by molar-refractivity contribution is 7.89. The third kappa shape index (κ3) is 9.42. The summed E-state index contributed by atoms with van der Waals surface area (Å²) in [6, 6.07) is 30.4. The van der Waals surface area contributed by atoms with Crippen molar-refractivity contribution in [2.75, 3.05) is 18.5 Å². The van der Waals surface area contributed by atoms with Crippen molar-refractivity contribution in [1.29, 1.82) is 0 Å². The summed E-state index contributed by atoms with van der Waals surface area (Å²) < 4.78 is 34.3. The molecule has 9 nitrogen and oxygen atoms in total. The van der Waals surface area contributed by atoms with Gasteiger partial charge in [0.05, 0.1) is 10.6 Å². The van der Waals surface area contributed by atoms with Gasteiger partial charge in [0.15, 0.2) is 0 Å². The number of rotatable bonds is 14. The second-order valence-electron chi connectivity index (χ2n) is 10.3. The van der Waals surface area contributed by atoms with Crippen molar-refractivity contribution in [3.05, 3.63) is 126 Å². The third-order valence-corrected chi connectivity index (χ3v) is 8.51. The van der Waals surface area contributed by atoms with E-state index in [9.17, 15) is 23.1 Å². The van der Waals surface area contributed by atoms with Crippen molar-refractivity contribution in [2.45, 2.75) is 43.2 Å². The average molecular weight is 616 g/mol. The van der Waals surface area contributed by atoms with Crippen LogP contribution in [0.4, 0.5) is 10.5 Å². The molecule has 4 aromatic rings. The Morgan fingerprint density at radius 1 is 0.818 bits per heavy atom. The number of sulfonamides is 1. The molecular weight excluding hydrogens is 578 g/mol. The summed E-state index contributed by atoms with van der Waals surface area (Å²) in [7, 11) is -2.56. The molecule has 0 spiro atoms. The van der Waals surface area contributed by atoms with Gasteiger partial charge < -0.3 is 15.2 Å². The van der Waals surface area contributed by atoms with E-state index in [0.29, 0.717) is 12.1 Å². The Labute approximate surface area is 258 Å². The van der Waals surface area contributed by atoms with Crippen LogP contribution in [0.1, 0.15) is 29.5 Å². The number of ether oxygens (including phenoxy) is 1. The zero-order valence-electron chi connectivity index (χ0n) is 24.6. The minimum atomic E-state index is -4.02. The Morgan fingerprint density at radius 3 is 2.09 bits per heavy atom. The number of carbonyl (C=O) groups excluding carboxylic acids is 2. The molecule has 10 heteroatoms. The van der Waals surface area contributed by atoms with Gasteiger partial charge in [-0.2, -0.15) is 4.72 Å². The van der Waals surface area contributed by atoms with Crippen molar-refractivity contribution in [3.8, 4) is 5.75 Å². The second-order valence-corrected chi connectivity index (χ2v) is 12.1. The number of aromatic hydroxyl groups is 1. The largest absolute Gasteiger partial charge is 0.506 e. The first-order chi connectivity index (χ1) is 21.2. The monoisotopic (exact) mass is 615 g/mol. The molecular formula is C34H37N3O6S. The predicted molar refractivity (Wildman–Crippen MR) is 170 cm³/mol. The van der Waals surface area contributed by atoms with Crippen LogP contribution in [0.25, 0.3) is 0 Å². The van der Waals surface area contributed by atoms with Crippen LogP contribution in [0.2, 0.25) is 0 Å². The van der Waals surface area contributed by atoms with Gasteiger partial charge in [0.25, 0.3) is 0 Å². The number of hydrogen-bond donors (Lipinski definition) is 3. The molecule has 0 heterocycles. The molecule has 0 radical (unpaired) electrons. The lowest BCUT2D eigenvalue weighted by Crippen LogP contribution is -2.48. The lowest BCUT2D eigenvalue weighted by Gasteiger charge is -2.21. The van der Waals surface area contributed by atoms with Crippen molar-refractivity contribution in [2.24, 2.45) is 0 Å². The van der Waals surface area contributed by atoms with Crippen LogP contribution in [0.3, 0.4) is 0 Å². The summed E-state index contributed by atoms with van der Waals surface area (Å²) in [6.45, 7) is 0.436. The fourth-order valence-electron chi connectivity index (χ4n) is 4.59. The van der Waals surface area contributed by atoms with E-state index in [1.807, 2.05) is 48.5 Å². The summed E-state index contributed by atoms with van der Waals surface area (Å²) in [4.78, 5) is 27.3. The zero-order valence-corrected chi connectivity index (χ0v) is 25.4. The van der Waals surface area contributed by atoms with Gasteiger partial charge in [0, 0.05) is 13.6 Å². The standard InChI is InChI=1S/C34H37N3O6S/c1-37(34(40)43-25-27-16-7-3-8-17-27)31-24-28(20-21-32(31)38)23-30(36-44(41,42)29-18-9-4-10-19-29)33(39)35-22-12-11-15-26-13-5-2-6-14-26/h2-10,13-14,16-21,24,30,36,38H,11-12,15,22-23,25H2,1H3,(H,35,39). The highest BCUT2D eigenvalue weighted by atomic mass is 32.2. The summed E-state index contributed by atoms with van der Waals surface area (Å²) in [6.07, 6.45) is 1.74. The molecule has 44 heavy (non-hydrogen) atoms. The van der Waals surface area contributed by atoms with E-state index >= 15 is 0 Å². The van der Waals surface area contributed by atoms with E-state index in [1.54, 1.807) is 24.3 Å². The van der Waals surface area contributed by atoms with Crippen LogP contribution in [-0.2, 0) is 39.0 Å². The number of benzene rings is 4. The number of anilines is 1. The molecule has 2 amide bonds. The molecule has 4 rings (SSSR count). The van der Waals surface area contributed by atoms with Gasteiger partial charge >= 0.3 is 6.09 Å². The molecule has 0 aliphatic carbocycles. The fraction of sp³-hybridized carbons (Fsp3) is 0.235. The molecule has 0 saturated heterocycles. The second kappa shape index (κ2) is 15.7. The van der Waals surface area contributed by atoms with Gasteiger partial charge in [0.2, 0.25) is 15.9 Å². The molecule has 0 aliphatic rings. The Hall–Kier alpha value is -4.67. The molecule has 230 valence electrons. The van der Waals surface area contributed by atoms with Gasteiger partial charge in [-0.05, 0) is 66.6 Å². The summed E-state index contributed by atoms with van der Waals surface area (Å²) in [5.74, 6) is -0.647. The normalized spacial score (nSPS) is 11.8. The van der Waals surface area contributed by atoms with E-state index in [1.165, 1.54) is 36.9 Å². The smallest absolute Gasteiger partial charge is 0.414 e. The van der Waals surface area contributed by atoms with Gasteiger partial charge in [-0.15, -0.1) is 0 Å². The van der Waals surface area contributed by atoms with E-state index in [4.69, 9.17) is 4.74 Å². The van der Waals surface area contributed by atoms with E-state index in [2.05, 4.69) is 22.2 Å². The Balaban J connectivity index is 1.45. The minimum absolute atomic E-state index is 0.0257.